The summed E-state index contributed by atoms with van der Waals surface area (Å²) < 4.78 is 5.78. The second-order valence-corrected chi connectivity index (χ2v) is 9.21. The zero-order valence-corrected chi connectivity index (χ0v) is 18.9. The largest absolute Gasteiger partial charge is 0.457 e. The van der Waals surface area contributed by atoms with Gasteiger partial charge in [0.1, 0.15) is 11.5 Å². The standard InChI is InChI=1S/C25H27N3O3S/c1-18-7-12-23(32-18)25(30)27-20-13-15-28(16-14-20)17-24(29)26-19-8-10-22(11-9-19)31-21-5-3-2-4-6-21/h2-12,20H,13-17H2,1H3,(H,26,29)(H,27,30). The third-order valence-corrected chi connectivity index (χ3v) is 6.37. The van der Waals surface area contributed by atoms with Crippen molar-refractivity contribution in [2.75, 3.05) is 25.0 Å². The molecule has 1 aromatic heterocycles. The Morgan fingerprint density at radius 1 is 0.969 bits per heavy atom. The van der Waals surface area contributed by atoms with Gasteiger partial charge < -0.3 is 15.4 Å². The van der Waals surface area contributed by atoms with Crippen molar-refractivity contribution in [3.63, 3.8) is 0 Å². The number of hydrogen-bond acceptors (Lipinski definition) is 5. The summed E-state index contributed by atoms with van der Waals surface area (Å²) >= 11 is 1.51. The Kier molecular flexibility index (Phi) is 7.19. The monoisotopic (exact) mass is 449 g/mol. The first-order valence-corrected chi connectivity index (χ1v) is 11.6. The zero-order chi connectivity index (χ0) is 22.3. The van der Waals surface area contributed by atoms with Gasteiger partial charge in [-0.05, 0) is 68.3 Å². The van der Waals surface area contributed by atoms with E-state index in [0.717, 1.165) is 52.9 Å². The topological polar surface area (TPSA) is 70.7 Å². The fourth-order valence-corrected chi connectivity index (χ4v) is 4.45. The van der Waals surface area contributed by atoms with Gasteiger partial charge in [0.25, 0.3) is 5.91 Å². The number of rotatable bonds is 7. The van der Waals surface area contributed by atoms with E-state index in [9.17, 15) is 9.59 Å². The summed E-state index contributed by atoms with van der Waals surface area (Å²) in [6, 6.07) is 20.9. The van der Waals surface area contributed by atoms with Gasteiger partial charge in [-0.2, -0.15) is 0 Å². The Labute approximate surface area is 192 Å². The van der Waals surface area contributed by atoms with Crippen molar-refractivity contribution >= 4 is 28.8 Å². The highest BCUT2D eigenvalue weighted by molar-refractivity contribution is 7.13. The lowest BCUT2D eigenvalue weighted by Gasteiger charge is -2.31. The molecule has 4 rings (SSSR count). The zero-order valence-electron chi connectivity index (χ0n) is 18.0. The summed E-state index contributed by atoms with van der Waals surface area (Å²) in [4.78, 5) is 28.8. The number of ether oxygens (including phenoxy) is 1. The number of thiophene rings is 1. The van der Waals surface area contributed by atoms with Crippen LogP contribution in [-0.4, -0.2) is 42.4 Å². The van der Waals surface area contributed by atoms with Crippen LogP contribution in [0, 0.1) is 6.92 Å². The lowest BCUT2D eigenvalue weighted by Crippen LogP contribution is -2.46. The maximum Gasteiger partial charge on any atom is 0.261 e. The minimum absolute atomic E-state index is 0.000941. The number of carbonyl (C=O) groups excluding carboxylic acids is 2. The Morgan fingerprint density at radius 3 is 2.31 bits per heavy atom. The molecule has 0 atom stereocenters. The summed E-state index contributed by atoms with van der Waals surface area (Å²) in [5.74, 6) is 1.45. The molecule has 0 aliphatic carbocycles. The summed E-state index contributed by atoms with van der Waals surface area (Å²) in [5.41, 5.74) is 0.740. The van der Waals surface area contributed by atoms with Crippen LogP contribution in [0.3, 0.4) is 0 Å². The predicted octanol–water partition coefficient (Wildman–Crippen LogP) is 4.68. The Bertz CT molecular complexity index is 1040. The van der Waals surface area contributed by atoms with Crippen molar-refractivity contribution in [3.8, 4) is 11.5 Å². The van der Waals surface area contributed by atoms with Crippen LogP contribution in [-0.2, 0) is 4.79 Å². The molecule has 2 N–H and O–H groups in total. The maximum absolute atomic E-state index is 12.5. The van der Waals surface area contributed by atoms with Gasteiger partial charge in [0.2, 0.25) is 5.91 Å². The molecule has 2 amide bonds. The number of benzene rings is 2. The number of piperidine rings is 1. The van der Waals surface area contributed by atoms with E-state index in [1.54, 1.807) is 0 Å². The molecule has 2 heterocycles. The number of para-hydroxylation sites is 1. The summed E-state index contributed by atoms with van der Waals surface area (Å²) in [6.07, 6.45) is 1.68. The molecular formula is C25H27N3O3S. The van der Waals surface area contributed by atoms with Crippen LogP contribution in [0.2, 0.25) is 0 Å². The Balaban J connectivity index is 1.19. The molecule has 6 nitrogen and oxygen atoms in total. The van der Waals surface area contributed by atoms with Gasteiger partial charge >= 0.3 is 0 Å². The first-order chi connectivity index (χ1) is 15.5. The molecule has 166 valence electrons. The van der Waals surface area contributed by atoms with E-state index >= 15 is 0 Å². The summed E-state index contributed by atoms with van der Waals surface area (Å²) in [5, 5.41) is 6.06. The van der Waals surface area contributed by atoms with Gasteiger partial charge in [0.05, 0.1) is 11.4 Å². The molecule has 1 fully saturated rings. The van der Waals surface area contributed by atoms with Gasteiger partial charge in [0.15, 0.2) is 0 Å². The lowest BCUT2D eigenvalue weighted by atomic mass is 10.0. The third kappa shape index (κ3) is 6.18. The van der Waals surface area contributed by atoms with Gasteiger partial charge in [-0.15, -0.1) is 11.3 Å². The molecule has 0 spiro atoms. The lowest BCUT2D eigenvalue weighted by molar-refractivity contribution is -0.117. The number of amides is 2. The molecule has 0 radical (unpaired) electrons. The average molecular weight is 450 g/mol. The first kappa shape index (κ1) is 22.0. The highest BCUT2D eigenvalue weighted by Crippen LogP contribution is 2.23. The fraction of sp³-hybridized carbons (Fsp3) is 0.280. The minimum Gasteiger partial charge on any atom is -0.457 e. The SMILES string of the molecule is Cc1ccc(C(=O)NC2CCN(CC(=O)Nc3ccc(Oc4ccccc4)cc3)CC2)s1. The number of nitrogens with one attached hydrogen (secondary N) is 2. The first-order valence-electron chi connectivity index (χ1n) is 10.8. The van der Waals surface area contributed by atoms with Crippen molar-refractivity contribution < 1.29 is 14.3 Å². The van der Waals surface area contributed by atoms with E-state index in [1.165, 1.54) is 11.3 Å². The molecule has 1 aliphatic rings. The summed E-state index contributed by atoms with van der Waals surface area (Å²) in [7, 11) is 0. The van der Waals surface area contributed by atoms with Gasteiger partial charge in [-0.1, -0.05) is 18.2 Å². The van der Waals surface area contributed by atoms with Crippen molar-refractivity contribution in [1.29, 1.82) is 0 Å². The summed E-state index contributed by atoms with van der Waals surface area (Å²) in [6.45, 7) is 3.91. The van der Waals surface area contributed by atoms with Crippen LogP contribution in [0.4, 0.5) is 5.69 Å². The molecule has 1 saturated heterocycles. The highest BCUT2D eigenvalue weighted by Gasteiger charge is 2.23. The molecular weight excluding hydrogens is 422 g/mol. The van der Waals surface area contributed by atoms with E-state index < -0.39 is 0 Å². The van der Waals surface area contributed by atoms with E-state index in [-0.39, 0.29) is 17.9 Å². The van der Waals surface area contributed by atoms with E-state index in [4.69, 9.17) is 4.74 Å². The van der Waals surface area contributed by atoms with Crippen molar-refractivity contribution in [2.24, 2.45) is 0 Å². The van der Waals surface area contributed by atoms with Crippen LogP contribution in [0.5, 0.6) is 11.5 Å². The molecule has 7 heteroatoms. The maximum atomic E-state index is 12.5. The van der Waals surface area contributed by atoms with Crippen molar-refractivity contribution in [3.05, 3.63) is 76.5 Å². The highest BCUT2D eigenvalue weighted by atomic mass is 32.1. The number of carbonyl (C=O) groups is 2. The number of nitrogens with zero attached hydrogens (tertiary/aromatic N) is 1. The van der Waals surface area contributed by atoms with Crippen molar-refractivity contribution in [2.45, 2.75) is 25.8 Å². The number of likely N-dealkylation sites (tertiary alicyclic amines) is 1. The fourth-order valence-electron chi connectivity index (χ4n) is 3.68. The Hall–Kier alpha value is -3.16. The second kappa shape index (κ2) is 10.4. The number of hydrogen-bond donors (Lipinski definition) is 2. The smallest absolute Gasteiger partial charge is 0.261 e. The molecule has 2 aromatic carbocycles. The number of anilines is 1. The Morgan fingerprint density at radius 2 is 1.66 bits per heavy atom. The van der Waals surface area contributed by atoms with Crippen LogP contribution in [0.1, 0.15) is 27.4 Å². The van der Waals surface area contributed by atoms with Gasteiger partial charge in [-0.3, -0.25) is 14.5 Å². The predicted molar refractivity (Wildman–Crippen MR) is 128 cm³/mol. The molecule has 1 aliphatic heterocycles. The molecule has 3 aromatic rings. The molecule has 32 heavy (non-hydrogen) atoms. The van der Waals surface area contributed by atoms with Gasteiger partial charge in [-0.25, -0.2) is 0 Å². The van der Waals surface area contributed by atoms with E-state index in [2.05, 4.69) is 15.5 Å². The van der Waals surface area contributed by atoms with Crippen molar-refractivity contribution in [1.82, 2.24) is 10.2 Å². The van der Waals surface area contributed by atoms with E-state index in [1.807, 2.05) is 73.7 Å². The van der Waals surface area contributed by atoms with Crippen LogP contribution in [0.15, 0.2) is 66.7 Å². The normalized spacial score (nSPS) is 14.7. The molecule has 0 saturated carbocycles. The van der Waals surface area contributed by atoms with Crippen LogP contribution < -0.4 is 15.4 Å². The second-order valence-electron chi connectivity index (χ2n) is 7.92. The quantitative estimate of drug-likeness (QED) is 0.549. The van der Waals surface area contributed by atoms with Crippen LogP contribution in [0.25, 0.3) is 0 Å². The molecule has 0 bridgehead atoms. The van der Waals surface area contributed by atoms with E-state index in [0.29, 0.717) is 6.54 Å². The number of aryl methyl sites for hydroxylation is 1. The molecule has 0 unspecified atom stereocenters. The minimum atomic E-state index is -0.0433. The third-order valence-electron chi connectivity index (χ3n) is 5.37. The van der Waals surface area contributed by atoms with Gasteiger partial charge in [0, 0.05) is 29.7 Å². The van der Waals surface area contributed by atoms with Crippen LogP contribution >= 0.6 is 11.3 Å². The average Bonchev–Trinajstić information content (AvgIpc) is 3.24.